The molecule has 6 nitrogen and oxygen atoms in total. The number of aryl methyl sites for hydroxylation is 1. The minimum atomic E-state index is -0.136. The average Bonchev–Trinajstić information content (AvgIpc) is 2.90. The predicted molar refractivity (Wildman–Crippen MR) is 151 cm³/mol. The smallest absolute Gasteiger partial charge is 0.253 e. The van der Waals surface area contributed by atoms with E-state index in [0.717, 1.165) is 22.9 Å². The highest BCUT2D eigenvalue weighted by Gasteiger charge is 2.18. The number of pyridine rings is 1. The summed E-state index contributed by atoms with van der Waals surface area (Å²) < 4.78 is 11.4. The van der Waals surface area contributed by atoms with E-state index in [2.05, 4.69) is 65.4 Å². The van der Waals surface area contributed by atoms with Crippen LogP contribution in [0.2, 0.25) is 0 Å². The van der Waals surface area contributed by atoms with Gasteiger partial charge < -0.3 is 24.7 Å². The summed E-state index contributed by atoms with van der Waals surface area (Å²) in [7, 11) is 0. The van der Waals surface area contributed by atoms with Crippen molar-refractivity contribution < 1.29 is 9.47 Å². The number of benzene rings is 3. The van der Waals surface area contributed by atoms with Crippen LogP contribution in [0, 0.1) is 6.92 Å². The molecule has 1 aromatic heterocycles. The first kappa shape index (κ1) is 24.8. The number of nitrogens with one attached hydrogen (secondary N) is 2. The average molecular weight is 514 g/mol. The van der Waals surface area contributed by atoms with E-state index in [0.29, 0.717) is 48.5 Å². The van der Waals surface area contributed by atoms with E-state index in [1.54, 1.807) is 0 Å². The van der Waals surface area contributed by atoms with Crippen molar-refractivity contribution in [2.45, 2.75) is 32.9 Å². The van der Waals surface area contributed by atoms with Gasteiger partial charge in [0.15, 0.2) is 16.6 Å². The van der Waals surface area contributed by atoms with E-state index in [-0.39, 0.29) is 11.6 Å². The molecule has 1 aliphatic heterocycles. The Morgan fingerprint density at radius 1 is 1.03 bits per heavy atom. The molecule has 0 saturated carbocycles. The van der Waals surface area contributed by atoms with Crippen molar-refractivity contribution >= 4 is 28.2 Å². The molecule has 0 fully saturated rings. The number of aromatic amines is 1. The van der Waals surface area contributed by atoms with Crippen LogP contribution in [0.4, 0.5) is 0 Å². The Hall–Kier alpha value is -3.84. The van der Waals surface area contributed by atoms with Crippen LogP contribution in [-0.2, 0) is 13.0 Å². The maximum atomic E-state index is 13.1. The first-order valence-corrected chi connectivity index (χ1v) is 13.0. The van der Waals surface area contributed by atoms with Crippen LogP contribution >= 0.6 is 12.2 Å². The predicted octanol–water partition coefficient (Wildman–Crippen LogP) is 5.29. The number of hydrogen-bond acceptors (Lipinski definition) is 4. The molecule has 37 heavy (non-hydrogen) atoms. The number of ether oxygens (including phenoxy) is 2. The lowest BCUT2D eigenvalue weighted by Gasteiger charge is -2.28. The number of hydrogen-bond donors (Lipinski definition) is 2. The molecule has 2 heterocycles. The van der Waals surface area contributed by atoms with Crippen molar-refractivity contribution in [2.75, 3.05) is 19.8 Å². The molecule has 5 rings (SSSR count). The summed E-state index contributed by atoms with van der Waals surface area (Å²) in [6.07, 6.45) is 0.813. The molecule has 0 unspecified atom stereocenters. The zero-order valence-corrected chi connectivity index (χ0v) is 21.9. The van der Waals surface area contributed by atoms with Gasteiger partial charge in [0.2, 0.25) is 0 Å². The van der Waals surface area contributed by atoms with Crippen LogP contribution in [0.1, 0.15) is 35.2 Å². The number of rotatable bonds is 7. The van der Waals surface area contributed by atoms with Crippen LogP contribution in [0.3, 0.4) is 0 Å². The zero-order chi connectivity index (χ0) is 25.8. The molecule has 1 aliphatic rings. The van der Waals surface area contributed by atoms with Gasteiger partial charge in [0, 0.05) is 23.6 Å². The molecule has 7 heteroatoms. The van der Waals surface area contributed by atoms with Gasteiger partial charge in [-0.2, -0.15) is 0 Å². The van der Waals surface area contributed by atoms with Crippen molar-refractivity contribution in [1.82, 2.24) is 15.2 Å². The molecule has 1 atom stereocenters. The molecule has 0 saturated heterocycles. The standard InChI is InChI=1S/C30H31N3O3S/c1-20-7-6-8-22(15-20)11-12-33(30(37)31-21(2)23-9-4-3-5-10-23)19-25-16-24-17-27-28(36-14-13-35-27)18-26(24)32-29(25)34/h3-10,15-18,21H,11-14,19H2,1-2H3,(H,31,37)(H,32,34)/t21-/m1/s1. The largest absolute Gasteiger partial charge is 0.486 e. The van der Waals surface area contributed by atoms with E-state index in [9.17, 15) is 4.79 Å². The normalized spacial score (nSPS) is 13.2. The maximum absolute atomic E-state index is 13.1. The zero-order valence-electron chi connectivity index (χ0n) is 21.1. The second kappa shape index (κ2) is 11.0. The Balaban J connectivity index is 1.41. The second-order valence-electron chi connectivity index (χ2n) is 9.45. The van der Waals surface area contributed by atoms with Gasteiger partial charge in [-0.25, -0.2) is 0 Å². The van der Waals surface area contributed by atoms with Crippen molar-refractivity contribution in [3.63, 3.8) is 0 Å². The first-order chi connectivity index (χ1) is 18.0. The third kappa shape index (κ3) is 5.94. The Morgan fingerprint density at radius 3 is 2.54 bits per heavy atom. The van der Waals surface area contributed by atoms with Crippen LogP contribution in [-0.4, -0.2) is 34.8 Å². The Bertz CT molecular complexity index is 1470. The molecule has 4 aromatic rings. The van der Waals surface area contributed by atoms with Gasteiger partial charge in [-0.15, -0.1) is 0 Å². The van der Waals surface area contributed by atoms with Gasteiger partial charge in [0.25, 0.3) is 5.56 Å². The number of H-pyrrole nitrogens is 1. The summed E-state index contributed by atoms with van der Waals surface area (Å²) >= 11 is 5.88. The third-order valence-corrected chi connectivity index (χ3v) is 7.00. The summed E-state index contributed by atoms with van der Waals surface area (Å²) in [4.78, 5) is 18.2. The lowest BCUT2D eigenvalue weighted by Crippen LogP contribution is -2.42. The highest BCUT2D eigenvalue weighted by Crippen LogP contribution is 2.33. The Kier molecular flexibility index (Phi) is 7.42. The van der Waals surface area contributed by atoms with Crippen LogP contribution in [0.25, 0.3) is 10.9 Å². The number of fused-ring (bicyclic) bond motifs is 2. The van der Waals surface area contributed by atoms with E-state index >= 15 is 0 Å². The fourth-order valence-electron chi connectivity index (χ4n) is 4.60. The highest BCUT2D eigenvalue weighted by atomic mass is 32.1. The van der Waals surface area contributed by atoms with E-state index in [4.69, 9.17) is 21.7 Å². The highest BCUT2D eigenvalue weighted by molar-refractivity contribution is 7.80. The Labute approximate surface area is 222 Å². The topological polar surface area (TPSA) is 66.6 Å². The van der Waals surface area contributed by atoms with Crippen LogP contribution < -0.4 is 20.3 Å². The minimum Gasteiger partial charge on any atom is -0.486 e. The van der Waals surface area contributed by atoms with Gasteiger partial charge in [0.05, 0.1) is 18.1 Å². The lowest BCUT2D eigenvalue weighted by molar-refractivity contribution is 0.172. The minimum absolute atomic E-state index is 0.0359. The second-order valence-corrected chi connectivity index (χ2v) is 9.84. The summed E-state index contributed by atoms with van der Waals surface area (Å²) in [5.74, 6) is 1.35. The first-order valence-electron chi connectivity index (χ1n) is 12.6. The maximum Gasteiger partial charge on any atom is 0.253 e. The summed E-state index contributed by atoms with van der Waals surface area (Å²) in [6.45, 7) is 6.27. The fourth-order valence-corrected chi connectivity index (χ4v) is 4.93. The SMILES string of the molecule is Cc1cccc(CCN(Cc2cc3cc4c(cc3[nH]c2=O)OCCO4)C(=S)N[C@H](C)c2ccccc2)c1. The van der Waals surface area contributed by atoms with E-state index in [1.807, 2.05) is 36.4 Å². The molecule has 3 aromatic carbocycles. The molecular weight excluding hydrogens is 482 g/mol. The van der Waals surface area contributed by atoms with Crippen molar-refractivity contribution in [3.8, 4) is 11.5 Å². The summed E-state index contributed by atoms with van der Waals surface area (Å²) in [6, 6.07) is 24.4. The van der Waals surface area contributed by atoms with Crippen LogP contribution in [0.5, 0.6) is 11.5 Å². The number of aromatic nitrogens is 1. The van der Waals surface area contributed by atoms with Crippen molar-refractivity contribution in [1.29, 1.82) is 0 Å². The molecular formula is C30H31N3O3S. The van der Waals surface area contributed by atoms with E-state index < -0.39 is 0 Å². The molecule has 0 radical (unpaired) electrons. The number of thiocarbonyl (C=S) groups is 1. The lowest BCUT2D eigenvalue weighted by atomic mass is 10.1. The molecule has 0 bridgehead atoms. The van der Waals surface area contributed by atoms with Gasteiger partial charge in [-0.3, -0.25) is 4.79 Å². The molecule has 0 amide bonds. The van der Waals surface area contributed by atoms with Gasteiger partial charge in [-0.1, -0.05) is 60.2 Å². The van der Waals surface area contributed by atoms with Gasteiger partial charge in [-0.05, 0) is 55.7 Å². The number of nitrogens with zero attached hydrogens (tertiary/aromatic N) is 1. The quantitative estimate of drug-likeness (QED) is 0.328. The van der Waals surface area contributed by atoms with Crippen molar-refractivity contribution in [3.05, 3.63) is 105 Å². The molecule has 0 aliphatic carbocycles. The Morgan fingerprint density at radius 2 is 1.78 bits per heavy atom. The molecule has 190 valence electrons. The third-order valence-electron chi connectivity index (χ3n) is 6.62. The van der Waals surface area contributed by atoms with Crippen molar-refractivity contribution in [2.24, 2.45) is 0 Å². The van der Waals surface area contributed by atoms with E-state index in [1.165, 1.54) is 11.1 Å². The summed E-state index contributed by atoms with van der Waals surface area (Å²) in [5.41, 5.74) is 4.85. The van der Waals surface area contributed by atoms with Gasteiger partial charge >= 0.3 is 0 Å². The fraction of sp³-hybridized carbons (Fsp3) is 0.267. The molecule has 0 spiro atoms. The van der Waals surface area contributed by atoms with Crippen LogP contribution in [0.15, 0.2) is 77.6 Å². The summed E-state index contributed by atoms with van der Waals surface area (Å²) in [5, 5.41) is 4.98. The monoisotopic (exact) mass is 513 g/mol. The molecule has 2 N–H and O–H groups in total. The van der Waals surface area contributed by atoms with Gasteiger partial charge in [0.1, 0.15) is 13.2 Å².